The van der Waals surface area contributed by atoms with E-state index in [2.05, 4.69) is 25.4 Å². The summed E-state index contributed by atoms with van der Waals surface area (Å²) in [5.41, 5.74) is 0. The minimum atomic E-state index is 0.268. The molecule has 94 valence electrons. The van der Waals surface area contributed by atoms with Crippen LogP contribution in [-0.4, -0.2) is 44.7 Å². The molecule has 3 rings (SSSR count). The lowest BCUT2D eigenvalue weighted by molar-refractivity contribution is 0.344. The molecule has 0 saturated carbocycles. The number of hydrogen-bond donors (Lipinski definition) is 1. The summed E-state index contributed by atoms with van der Waals surface area (Å²) in [5, 5.41) is 7.23. The molecule has 2 atom stereocenters. The van der Waals surface area contributed by atoms with Gasteiger partial charge in [-0.2, -0.15) is 16.7 Å². The van der Waals surface area contributed by atoms with Crippen molar-refractivity contribution in [2.45, 2.75) is 12.0 Å². The standard InChI is InChI=1S/C11H13N5OS/c1-12-8-6-18-5-7(8)11-15-10(16-17-11)9-13-3-2-4-14-9/h2-4,7-8,12H,5-6H2,1H3. The lowest BCUT2D eigenvalue weighted by atomic mass is 10.0. The predicted molar refractivity (Wildman–Crippen MR) is 68.2 cm³/mol. The lowest BCUT2D eigenvalue weighted by Gasteiger charge is -2.13. The van der Waals surface area contributed by atoms with Crippen LogP contribution in [0.3, 0.4) is 0 Å². The number of hydrogen-bond acceptors (Lipinski definition) is 7. The van der Waals surface area contributed by atoms with Crippen molar-refractivity contribution >= 4 is 11.8 Å². The first-order valence-electron chi connectivity index (χ1n) is 5.74. The summed E-state index contributed by atoms with van der Waals surface area (Å²) in [6, 6.07) is 2.15. The van der Waals surface area contributed by atoms with Gasteiger partial charge in [0.1, 0.15) is 0 Å². The van der Waals surface area contributed by atoms with Crippen LogP contribution in [0.1, 0.15) is 11.8 Å². The zero-order chi connectivity index (χ0) is 12.4. The van der Waals surface area contributed by atoms with E-state index in [9.17, 15) is 0 Å². The van der Waals surface area contributed by atoms with Crippen LogP contribution in [-0.2, 0) is 0 Å². The van der Waals surface area contributed by atoms with Crippen LogP contribution in [0.15, 0.2) is 23.0 Å². The molecule has 7 heteroatoms. The first-order valence-corrected chi connectivity index (χ1v) is 6.90. The maximum absolute atomic E-state index is 5.34. The number of rotatable bonds is 3. The van der Waals surface area contributed by atoms with Gasteiger partial charge in [0.15, 0.2) is 0 Å². The monoisotopic (exact) mass is 263 g/mol. The molecule has 2 aromatic rings. The average Bonchev–Trinajstić information content (AvgIpc) is 3.08. The molecule has 18 heavy (non-hydrogen) atoms. The van der Waals surface area contributed by atoms with Crippen molar-refractivity contribution in [1.82, 2.24) is 25.4 Å². The predicted octanol–water partition coefficient (Wildman–Crippen LogP) is 0.945. The van der Waals surface area contributed by atoms with Crippen LogP contribution in [0.2, 0.25) is 0 Å². The highest BCUT2D eigenvalue weighted by Crippen LogP contribution is 2.32. The molecule has 0 amide bonds. The maximum atomic E-state index is 5.34. The summed E-state index contributed by atoms with van der Waals surface area (Å²) in [6.07, 6.45) is 3.33. The molecule has 2 unspecified atom stereocenters. The van der Waals surface area contributed by atoms with Crippen LogP contribution in [0.25, 0.3) is 11.6 Å². The third kappa shape index (κ3) is 2.11. The number of thioether (sulfide) groups is 1. The summed E-state index contributed by atoms with van der Waals surface area (Å²) < 4.78 is 5.34. The fraction of sp³-hybridized carbons (Fsp3) is 0.455. The summed E-state index contributed by atoms with van der Waals surface area (Å²) in [7, 11) is 1.96. The van der Waals surface area contributed by atoms with Crippen LogP contribution in [0, 0.1) is 0 Å². The second-order valence-corrected chi connectivity index (χ2v) is 5.14. The van der Waals surface area contributed by atoms with Crippen molar-refractivity contribution < 1.29 is 4.52 Å². The molecular formula is C11H13N5OS. The molecule has 0 bridgehead atoms. The van der Waals surface area contributed by atoms with Crippen LogP contribution in [0.4, 0.5) is 0 Å². The topological polar surface area (TPSA) is 76.7 Å². The summed E-state index contributed by atoms with van der Waals surface area (Å²) in [6.45, 7) is 0. The lowest BCUT2D eigenvalue weighted by Crippen LogP contribution is -2.31. The summed E-state index contributed by atoms with van der Waals surface area (Å²) in [5.74, 6) is 3.96. The van der Waals surface area contributed by atoms with Gasteiger partial charge in [-0.05, 0) is 13.1 Å². The SMILES string of the molecule is CNC1CSCC1c1nc(-c2ncccn2)no1. The fourth-order valence-corrected chi connectivity index (χ4v) is 3.39. The van der Waals surface area contributed by atoms with E-state index < -0.39 is 0 Å². The third-order valence-electron chi connectivity index (χ3n) is 2.98. The van der Waals surface area contributed by atoms with Gasteiger partial charge in [-0.15, -0.1) is 0 Å². The highest BCUT2D eigenvalue weighted by Gasteiger charge is 2.32. The van der Waals surface area contributed by atoms with Crippen molar-refractivity contribution in [3.8, 4) is 11.6 Å². The molecule has 0 radical (unpaired) electrons. The molecule has 3 heterocycles. The van der Waals surface area contributed by atoms with Gasteiger partial charge < -0.3 is 9.84 Å². The smallest absolute Gasteiger partial charge is 0.240 e. The van der Waals surface area contributed by atoms with Gasteiger partial charge in [0.05, 0.1) is 5.92 Å². The highest BCUT2D eigenvalue weighted by atomic mass is 32.2. The van der Waals surface area contributed by atoms with Gasteiger partial charge in [-0.3, -0.25) is 0 Å². The van der Waals surface area contributed by atoms with Crippen molar-refractivity contribution in [2.75, 3.05) is 18.6 Å². The Hall–Kier alpha value is -1.47. The zero-order valence-electron chi connectivity index (χ0n) is 9.91. The molecule has 1 aliphatic heterocycles. The Morgan fingerprint density at radius 2 is 2.11 bits per heavy atom. The van der Waals surface area contributed by atoms with E-state index in [0.717, 1.165) is 11.5 Å². The van der Waals surface area contributed by atoms with Crippen molar-refractivity contribution in [3.05, 3.63) is 24.4 Å². The molecule has 1 N–H and O–H groups in total. The Kier molecular flexibility index (Phi) is 3.24. The molecule has 0 aromatic carbocycles. The van der Waals surface area contributed by atoms with E-state index in [1.165, 1.54) is 0 Å². The van der Waals surface area contributed by atoms with Crippen molar-refractivity contribution in [1.29, 1.82) is 0 Å². The normalized spacial score (nSPS) is 23.4. The molecule has 1 saturated heterocycles. The minimum absolute atomic E-state index is 0.268. The van der Waals surface area contributed by atoms with E-state index >= 15 is 0 Å². The van der Waals surface area contributed by atoms with E-state index in [0.29, 0.717) is 23.6 Å². The summed E-state index contributed by atoms with van der Waals surface area (Å²) >= 11 is 1.89. The average molecular weight is 263 g/mol. The van der Waals surface area contributed by atoms with E-state index in [4.69, 9.17) is 4.52 Å². The minimum Gasteiger partial charge on any atom is -0.338 e. The van der Waals surface area contributed by atoms with Crippen LogP contribution in [0.5, 0.6) is 0 Å². The second kappa shape index (κ2) is 5.03. The Morgan fingerprint density at radius 3 is 2.89 bits per heavy atom. The molecule has 1 fully saturated rings. The number of likely N-dealkylation sites (N-methyl/N-ethyl adjacent to an activating group) is 1. The Labute approximate surface area is 109 Å². The van der Waals surface area contributed by atoms with Crippen molar-refractivity contribution in [3.63, 3.8) is 0 Å². The molecular weight excluding hydrogens is 250 g/mol. The third-order valence-corrected chi connectivity index (χ3v) is 4.17. The fourth-order valence-electron chi connectivity index (χ4n) is 1.97. The molecule has 1 aliphatic rings. The van der Waals surface area contributed by atoms with Gasteiger partial charge in [-0.25, -0.2) is 9.97 Å². The maximum Gasteiger partial charge on any atom is 0.240 e. The Bertz CT molecular complexity index is 517. The van der Waals surface area contributed by atoms with Gasteiger partial charge in [-0.1, -0.05) is 5.16 Å². The van der Waals surface area contributed by atoms with E-state index in [-0.39, 0.29) is 5.92 Å². The number of nitrogens with one attached hydrogen (secondary N) is 1. The van der Waals surface area contributed by atoms with Gasteiger partial charge in [0.2, 0.25) is 17.5 Å². The number of nitrogens with zero attached hydrogens (tertiary/aromatic N) is 4. The molecule has 0 spiro atoms. The van der Waals surface area contributed by atoms with Crippen LogP contribution < -0.4 is 5.32 Å². The zero-order valence-corrected chi connectivity index (χ0v) is 10.7. The Balaban J connectivity index is 1.86. The number of aromatic nitrogens is 4. The largest absolute Gasteiger partial charge is 0.338 e. The van der Waals surface area contributed by atoms with Gasteiger partial charge >= 0.3 is 0 Å². The van der Waals surface area contributed by atoms with Gasteiger partial charge in [0.25, 0.3) is 0 Å². The molecule has 2 aromatic heterocycles. The highest BCUT2D eigenvalue weighted by molar-refractivity contribution is 7.99. The molecule has 0 aliphatic carbocycles. The summed E-state index contributed by atoms with van der Waals surface area (Å²) in [4.78, 5) is 12.6. The van der Waals surface area contributed by atoms with E-state index in [1.54, 1.807) is 18.5 Å². The van der Waals surface area contributed by atoms with Crippen LogP contribution >= 0.6 is 11.8 Å². The quantitative estimate of drug-likeness (QED) is 0.883. The molecule has 6 nitrogen and oxygen atoms in total. The first-order chi connectivity index (χ1) is 8.88. The van der Waals surface area contributed by atoms with Gasteiger partial charge in [0, 0.05) is 29.9 Å². The Morgan fingerprint density at radius 1 is 1.28 bits per heavy atom. The second-order valence-electron chi connectivity index (χ2n) is 4.07. The first kappa shape index (κ1) is 11.6. The van der Waals surface area contributed by atoms with E-state index in [1.807, 2.05) is 18.8 Å². The van der Waals surface area contributed by atoms with Crippen molar-refractivity contribution in [2.24, 2.45) is 0 Å².